The van der Waals surface area contributed by atoms with Gasteiger partial charge in [-0.1, -0.05) is 23.2 Å². The van der Waals surface area contributed by atoms with Crippen LogP contribution in [0.4, 0.5) is 4.79 Å². The van der Waals surface area contributed by atoms with Gasteiger partial charge in [-0.05, 0) is 0 Å². The van der Waals surface area contributed by atoms with Crippen LogP contribution >= 0.6 is 34.8 Å². The summed E-state index contributed by atoms with van der Waals surface area (Å²) in [4.78, 5) is 10.3. The van der Waals surface area contributed by atoms with Crippen LogP contribution in [0.1, 0.15) is 0 Å². The van der Waals surface area contributed by atoms with Crippen molar-refractivity contribution in [1.29, 1.82) is 0 Å². The zero-order valence-electron chi connectivity index (χ0n) is 4.77. The molecular weight excluding hydrogens is 202 g/mol. The lowest BCUT2D eigenvalue weighted by molar-refractivity contribution is 0.0650. The van der Waals surface area contributed by atoms with Crippen LogP contribution in [0.15, 0.2) is 0 Å². The average molecular weight is 206 g/mol. The highest BCUT2D eigenvalue weighted by molar-refractivity contribution is 6.50. The van der Waals surface area contributed by atoms with Gasteiger partial charge in [-0.2, -0.15) is 0 Å². The first kappa shape index (κ1) is 10.1. The van der Waals surface area contributed by atoms with Crippen LogP contribution in [0, 0.1) is 7.11 Å². The van der Waals surface area contributed by atoms with E-state index in [2.05, 4.69) is 16.6 Å². The van der Waals surface area contributed by atoms with Gasteiger partial charge in [0.05, 0.1) is 5.88 Å². The fourth-order valence-electron chi connectivity index (χ4n) is 0.179. The first-order valence-electron chi connectivity index (χ1n) is 2.10. The van der Waals surface area contributed by atoms with Gasteiger partial charge in [-0.15, -0.1) is 11.6 Å². The molecule has 0 atom stereocenters. The Kier molecular flexibility index (Phi) is 4.17. The molecule has 0 bridgehead atoms. The van der Waals surface area contributed by atoms with Crippen molar-refractivity contribution in [3.63, 3.8) is 0 Å². The quantitative estimate of drug-likeness (QED) is 0.514. The minimum atomic E-state index is -1.74. The molecule has 0 aromatic carbocycles. The molecule has 0 amide bonds. The fourth-order valence-corrected chi connectivity index (χ4v) is 0.359. The number of carbonyl (C=O) groups is 1. The van der Waals surface area contributed by atoms with Gasteiger partial charge < -0.3 is 9.47 Å². The molecule has 0 aliphatic rings. The molecule has 0 unspecified atom stereocenters. The SMILES string of the molecule is [CH2]OC(=O)OC(Cl)(Cl)CCl. The molecule has 3 nitrogen and oxygen atoms in total. The van der Waals surface area contributed by atoms with Gasteiger partial charge in [-0.25, -0.2) is 4.79 Å². The van der Waals surface area contributed by atoms with Gasteiger partial charge in [0.2, 0.25) is 0 Å². The van der Waals surface area contributed by atoms with Gasteiger partial charge in [0, 0.05) is 0 Å². The van der Waals surface area contributed by atoms with Crippen LogP contribution in [-0.2, 0) is 9.47 Å². The Morgan fingerprint density at radius 1 is 1.60 bits per heavy atom. The van der Waals surface area contributed by atoms with E-state index in [1.165, 1.54) is 0 Å². The molecule has 0 spiro atoms. The van der Waals surface area contributed by atoms with E-state index in [-0.39, 0.29) is 5.88 Å². The molecule has 0 aromatic rings. The summed E-state index contributed by atoms with van der Waals surface area (Å²) in [5, 5.41) is 0. The summed E-state index contributed by atoms with van der Waals surface area (Å²) in [6.45, 7) is 0. The summed E-state index contributed by atoms with van der Waals surface area (Å²) in [5.41, 5.74) is 0. The monoisotopic (exact) mass is 205 g/mol. The minimum Gasteiger partial charge on any atom is -0.431 e. The predicted octanol–water partition coefficient (Wildman–Crippen LogP) is 2.30. The topological polar surface area (TPSA) is 35.5 Å². The van der Waals surface area contributed by atoms with Gasteiger partial charge >= 0.3 is 6.16 Å². The van der Waals surface area contributed by atoms with Crippen LogP contribution < -0.4 is 0 Å². The molecule has 0 rings (SSSR count). The highest BCUT2D eigenvalue weighted by Crippen LogP contribution is 2.24. The third-order valence-electron chi connectivity index (χ3n) is 0.506. The van der Waals surface area contributed by atoms with E-state index in [0.717, 1.165) is 0 Å². The fraction of sp³-hybridized carbons (Fsp3) is 0.500. The lowest BCUT2D eigenvalue weighted by Crippen LogP contribution is -2.23. The Labute approximate surface area is 73.1 Å². The second-order valence-electron chi connectivity index (χ2n) is 1.27. The second kappa shape index (κ2) is 4.11. The zero-order valence-corrected chi connectivity index (χ0v) is 7.04. The van der Waals surface area contributed by atoms with E-state index in [9.17, 15) is 4.79 Å². The molecule has 0 saturated heterocycles. The van der Waals surface area contributed by atoms with Crippen LogP contribution in [0.3, 0.4) is 0 Å². The molecule has 0 aromatic heterocycles. The molecule has 0 saturated carbocycles. The largest absolute Gasteiger partial charge is 0.511 e. The number of hydrogen-bond donors (Lipinski definition) is 0. The molecule has 0 aliphatic heterocycles. The highest BCUT2D eigenvalue weighted by Gasteiger charge is 2.28. The van der Waals surface area contributed by atoms with Crippen LogP contribution in [0.5, 0.6) is 0 Å². The van der Waals surface area contributed by atoms with E-state index >= 15 is 0 Å². The van der Waals surface area contributed by atoms with Gasteiger partial charge in [0.15, 0.2) is 0 Å². The van der Waals surface area contributed by atoms with Crippen LogP contribution in [-0.4, -0.2) is 16.6 Å². The summed E-state index contributed by atoms with van der Waals surface area (Å²) < 4.78 is 6.32. The lowest BCUT2D eigenvalue weighted by atomic mass is 10.8. The van der Waals surface area contributed by atoms with E-state index in [0.29, 0.717) is 0 Å². The summed E-state index contributed by atoms with van der Waals surface area (Å²) in [7, 11) is 2.77. The molecule has 59 valence electrons. The maximum absolute atomic E-state index is 10.3. The van der Waals surface area contributed by atoms with E-state index in [1.807, 2.05) is 0 Å². The molecular formula is C4H4Cl3O3. The molecule has 0 fully saturated rings. The molecule has 0 heterocycles. The van der Waals surface area contributed by atoms with Crippen molar-refractivity contribution < 1.29 is 14.3 Å². The van der Waals surface area contributed by atoms with Crippen molar-refractivity contribution in [2.24, 2.45) is 0 Å². The second-order valence-corrected chi connectivity index (χ2v) is 2.95. The summed E-state index contributed by atoms with van der Waals surface area (Å²) in [5.74, 6) is -0.245. The number of ether oxygens (including phenoxy) is 2. The molecule has 10 heavy (non-hydrogen) atoms. The molecule has 6 heteroatoms. The summed E-state index contributed by atoms with van der Waals surface area (Å²) in [6, 6.07) is 0. The van der Waals surface area contributed by atoms with Crippen molar-refractivity contribution in [2.75, 3.05) is 5.88 Å². The first-order chi connectivity index (χ1) is 4.52. The Balaban J connectivity index is 3.76. The normalized spacial score (nSPS) is 10.8. The third-order valence-corrected chi connectivity index (χ3v) is 1.58. The zero-order chi connectivity index (χ0) is 8.20. The third kappa shape index (κ3) is 4.04. The number of alkyl halides is 3. The number of hydrogen-bond acceptors (Lipinski definition) is 3. The molecule has 0 N–H and O–H groups in total. The Bertz CT molecular complexity index is 125. The Hall–Kier alpha value is 0.140. The van der Waals surface area contributed by atoms with Crippen molar-refractivity contribution in [3.8, 4) is 0 Å². The van der Waals surface area contributed by atoms with Gasteiger partial charge in [0.25, 0.3) is 4.52 Å². The van der Waals surface area contributed by atoms with Crippen molar-refractivity contribution in [2.45, 2.75) is 4.52 Å². The highest BCUT2D eigenvalue weighted by atomic mass is 35.5. The average Bonchev–Trinajstić information content (AvgIpc) is 1.87. The van der Waals surface area contributed by atoms with Crippen molar-refractivity contribution in [3.05, 3.63) is 7.11 Å². The Morgan fingerprint density at radius 3 is 2.40 bits per heavy atom. The molecule has 1 radical (unpaired) electrons. The van der Waals surface area contributed by atoms with E-state index in [1.54, 1.807) is 0 Å². The smallest absolute Gasteiger partial charge is 0.431 e. The van der Waals surface area contributed by atoms with E-state index in [4.69, 9.17) is 34.8 Å². The van der Waals surface area contributed by atoms with Crippen LogP contribution in [0.2, 0.25) is 0 Å². The standard InChI is InChI=1S/C4H4Cl3O3/c1-9-3(8)10-4(6,7)2-5/h1-2H2. The Morgan fingerprint density at radius 2 is 2.10 bits per heavy atom. The van der Waals surface area contributed by atoms with Crippen LogP contribution in [0.25, 0.3) is 0 Å². The number of rotatable bonds is 2. The van der Waals surface area contributed by atoms with E-state index < -0.39 is 10.7 Å². The van der Waals surface area contributed by atoms with Crippen molar-refractivity contribution in [1.82, 2.24) is 0 Å². The number of halogens is 3. The summed E-state index contributed by atoms with van der Waals surface area (Å²) >= 11 is 15.7. The predicted molar refractivity (Wildman–Crippen MR) is 38.1 cm³/mol. The van der Waals surface area contributed by atoms with Crippen molar-refractivity contribution >= 4 is 41.0 Å². The minimum absolute atomic E-state index is 0.245. The first-order valence-corrected chi connectivity index (χ1v) is 3.39. The lowest BCUT2D eigenvalue weighted by Gasteiger charge is -2.14. The van der Waals surface area contributed by atoms with Gasteiger partial charge in [-0.3, -0.25) is 0 Å². The van der Waals surface area contributed by atoms with Gasteiger partial charge in [0.1, 0.15) is 7.11 Å². The number of carbonyl (C=O) groups excluding carboxylic acids is 1. The maximum Gasteiger partial charge on any atom is 0.511 e. The maximum atomic E-state index is 10.3. The molecule has 0 aliphatic carbocycles. The summed E-state index contributed by atoms with van der Waals surface area (Å²) in [6.07, 6.45) is -1.08.